The van der Waals surface area contributed by atoms with E-state index >= 15 is 0 Å². The van der Waals surface area contributed by atoms with E-state index in [1.807, 2.05) is 0 Å². The summed E-state index contributed by atoms with van der Waals surface area (Å²) in [5.74, 6) is -4.15. The molecule has 3 rings (SSSR count). The molecule has 0 saturated heterocycles. The first-order valence-electron chi connectivity index (χ1n) is 7.97. The molecule has 0 bridgehead atoms. The first-order chi connectivity index (χ1) is 12.9. The van der Waals surface area contributed by atoms with Gasteiger partial charge in [-0.1, -0.05) is 0 Å². The zero-order valence-corrected chi connectivity index (χ0v) is 14.7. The molecule has 0 unspecified atom stereocenters. The summed E-state index contributed by atoms with van der Waals surface area (Å²) in [5, 5.41) is 2.56. The van der Waals surface area contributed by atoms with Crippen molar-refractivity contribution in [3.63, 3.8) is 0 Å². The quantitative estimate of drug-likeness (QED) is 0.461. The Morgan fingerprint density at radius 2 is 2.07 bits per heavy atom. The maximum atomic E-state index is 12.6. The lowest BCUT2D eigenvalue weighted by atomic mass is 9.99. The molecule has 1 aromatic carbocycles. The van der Waals surface area contributed by atoms with Crippen LogP contribution in [0.2, 0.25) is 0 Å². The number of benzene rings is 1. The molecule has 6 nitrogen and oxygen atoms in total. The van der Waals surface area contributed by atoms with Crippen LogP contribution in [0.25, 0.3) is 0 Å². The summed E-state index contributed by atoms with van der Waals surface area (Å²) >= 11 is 0.135. The Labute approximate surface area is 157 Å². The third-order valence-electron chi connectivity index (χ3n) is 3.85. The molecule has 2 aromatic rings. The molecule has 1 aliphatic heterocycles. The Morgan fingerprint density at radius 3 is 2.85 bits per heavy atom. The van der Waals surface area contributed by atoms with E-state index in [9.17, 15) is 23.2 Å². The minimum absolute atomic E-state index is 0.0792. The standard InChI is InChI=1S/C18H14F2N2O4S/c19-18(20)27-16-12(2-1-7-21-16)17(25)26-9-14(23)11-3-5-13-10(8-11)4-6-15(24)22-13/h1-3,5,7-8,18H,4,6,9H2,(H,22,24). The van der Waals surface area contributed by atoms with Gasteiger partial charge in [-0.25, -0.2) is 9.78 Å². The molecule has 0 spiro atoms. The number of aromatic nitrogens is 1. The van der Waals surface area contributed by atoms with Gasteiger partial charge in [0.1, 0.15) is 5.03 Å². The number of Topliss-reactive ketones (excluding diaryl/α,β-unsaturated/α-hetero) is 1. The highest BCUT2D eigenvalue weighted by Gasteiger charge is 2.20. The number of esters is 1. The summed E-state index contributed by atoms with van der Waals surface area (Å²) in [7, 11) is 0. The molecule has 9 heteroatoms. The van der Waals surface area contributed by atoms with Gasteiger partial charge in [-0.05, 0) is 54.1 Å². The Balaban J connectivity index is 1.66. The molecule has 0 radical (unpaired) electrons. The number of alkyl halides is 2. The number of halogens is 2. The number of nitrogens with zero attached hydrogens (tertiary/aromatic N) is 1. The number of aryl methyl sites for hydroxylation is 1. The number of hydrogen-bond donors (Lipinski definition) is 1. The van der Waals surface area contributed by atoms with Crippen LogP contribution >= 0.6 is 11.8 Å². The Bertz CT molecular complexity index is 905. The maximum Gasteiger partial charge on any atom is 0.341 e. The maximum absolute atomic E-state index is 12.6. The molecule has 1 aliphatic rings. The highest BCUT2D eigenvalue weighted by molar-refractivity contribution is 7.99. The number of carbonyl (C=O) groups excluding carboxylic acids is 3. The van der Waals surface area contributed by atoms with E-state index in [0.29, 0.717) is 24.1 Å². The minimum atomic E-state index is -2.73. The van der Waals surface area contributed by atoms with Crippen molar-refractivity contribution in [3.8, 4) is 0 Å². The number of rotatable bonds is 6. The van der Waals surface area contributed by atoms with Crippen LogP contribution in [0.5, 0.6) is 0 Å². The van der Waals surface area contributed by atoms with E-state index < -0.39 is 24.1 Å². The zero-order chi connectivity index (χ0) is 19.4. The molecule has 0 atom stereocenters. The van der Waals surface area contributed by atoms with E-state index in [1.165, 1.54) is 24.4 Å². The van der Waals surface area contributed by atoms with Gasteiger partial charge in [0.15, 0.2) is 12.4 Å². The summed E-state index contributed by atoms with van der Waals surface area (Å²) < 4.78 is 30.1. The van der Waals surface area contributed by atoms with Crippen LogP contribution in [-0.4, -0.2) is 35.0 Å². The third-order valence-corrected chi connectivity index (χ3v) is 4.58. The number of pyridine rings is 1. The third kappa shape index (κ3) is 4.68. The van der Waals surface area contributed by atoms with Gasteiger partial charge in [-0.15, -0.1) is 0 Å². The number of thioether (sulfide) groups is 1. The Morgan fingerprint density at radius 1 is 1.26 bits per heavy atom. The van der Waals surface area contributed by atoms with Gasteiger partial charge in [0, 0.05) is 23.9 Å². The second-order valence-corrected chi connectivity index (χ2v) is 6.63. The molecule has 1 aromatic heterocycles. The summed E-state index contributed by atoms with van der Waals surface area (Å²) in [6.45, 7) is -0.530. The number of hydrogen-bond acceptors (Lipinski definition) is 6. The van der Waals surface area contributed by atoms with Gasteiger partial charge in [0.05, 0.1) is 5.56 Å². The predicted octanol–water partition coefficient (Wildman–Crippen LogP) is 3.32. The Kier molecular flexibility index (Phi) is 5.80. The highest BCUT2D eigenvalue weighted by atomic mass is 32.2. The molecular formula is C18H14F2N2O4S. The van der Waals surface area contributed by atoms with E-state index in [4.69, 9.17) is 4.74 Å². The van der Waals surface area contributed by atoms with Crippen molar-refractivity contribution in [1.82, 2.24) is 4.98 Å². The molecule has 0 fully saturated rings. The van der Waals surface area contributed by atoms with E-state index in [0.717, 1.165) is 5.56 Å². The number of nitrogens with one attached hydrogen (secondary N) is 1. The van der Waals surface area contributed by atoms with Gasteiger partial charge >= 0.3 is 5.97 Å². The number of anilines is 1. The van der Waals surface area contributed by atoms with Crippen molar-refractivity contribution in [1.29, 1.82) is 0 Å². The smallest absolute Gasteiger partial charge is 0.341 e. The number of ether oxygens (including phenoxy) is 1. The first kappa shape index (κ1) is 19.0. The molecule has 140 valence electrons. The van der Waals surface area contributed by atoms with Gasteiger partial charge in [-0.3, -0.25) is 9.59 Å². The second-order valence-electron chi connectivity index (χ2n) is 5.65. The summed E-state index contributed by atoms with van der Waals surface area (Å²) in [5.41, 5.74) is 1.70. The van der Waals surface area contributed by atoms with Gasteiger partial charge in [0.2, 0.25) is 5.91 Å². The van der Waals surface area contributed by atoms with Gasteiger partial charge in [-0.2, -0.15) is 8.78 Å². The van der Waals surface area contributed by atoms with Gasteiger partial charge in [0.25, 0.3) is 5.76 Å². The van der Waals surface area contributed by atoms with Crippen LogP contribution in [-0.2, 0) is 16.0 Å². The van der Waals surface area contributed by atoms with Crippen molar-refractivity contribution in [2.45, 2.75) is 23.6 Å². The van der Waals surface area contributed by atoms with Crippen LogP contribution in [0.15, 0.2) is 41.6 Å². The molecule has 27 heavy (non-hydrogen) atoms. The van der Waals surface area contributed by atoms with Crippen LogP contribution in [0.3, 0.4) is 0 Å². The molecular weight excluding hydrogens is 378 g/mol. The Hall–Kier alpha value is -2.81. The normalized spacial score (nSPS) is 13.1. The SMILES string of the molecule is O=C1CCc2cc(C(=O)COC(=O)c3cccnc3SC(F)F)ccc2N1. The van der Waals surface area contributed by atoms with Crippen LogP contribution in [0.4, 0.5) is 14.5 Å². The zero-order valence-electron chi connectivity index (χ0n) is 13.9. The van der Waals surface area contributed by atoms with Crippen molar-refractivity contribution in [3.05, 3.63) is 53.2 Å². The van der Waals surface area contributed by atoms with E-state index in [2.05, 4.69) is 10.3 Å². The lowest BCUT2D eigenvalue weighted by Gasteiger charge is -2.17. The predicted molar refractivity (Wildman–Crippen MR) is 94.1 cm³/mol. The van der Waals surface area contributed by atoms with Crippen molar-refractivity contribution < 1.29 is 27.9 Å². The molecule has 1 amide bonds. The summed E-state index contributed by atoms with van der Waals surface area (Å²) in [4.78, 5) is 39.5. The van der Waals surface area contributed by atoms with E-state index in [1.54, 1.807) is 12.1 Å². The topological polar surface area (TPSA) is 85.4 Å². The average molecular weight is 392 g/mol. The molecule has 0 saturated carbocycles. The van der Waals surface area contributed by atoms with Crippen LogP contribution in [0.1, 0.15) is 32.7 Å². The fraction of sp³-hybridized carbons (Fsp3) is 0.222. The second kappa shape index (κ2) is 8.26. The van der Waals surface area contributed by atoms with Crippen molar-refractivity contribution >= 4 is 35.1 Å². The highest BCUT2D eigenvalue weighted by Crippen LogP contribution is 2.27. The minimum Gasteiger partial charge on any atom is -0.454 e. The number of carbonyl (C=O) groups is 3. The monoisotopic (exact) mass is 392 g/mol. The number of amides is 1. The fourth-order valence-electron chi connectivity index (χ4n) is 2.57. The van der Waals surface area contributed by atoms with Crippen LogP contribution < -0.4 is 5.32 Å². The summed E-state index contributed by atoms with van der Waals surface area (Å²) in [6.07, 6.45) is 2.15. The molecule has 2 heterocycles. The van der Waals surface area contributed by atoms with Gasteiger partial charge < -0.3 is 10.1 Å². The molecule has 0 aliphatic carbocycles. The van der Waals surface area contributed by atoms with Crippen molar-refractivity contribution in [2.24, 2.45) is 0 Å². The number of fused-ring (bicyclic) bond motifs is 1. The van der Waals surface area contributed by atoms with E-state index in [-0.39, 0.29) is 28.3 Å². The average Bonchev–Trinajstić information content (AvgIpc) is 2.65. The van der Waals surface area contributed by atoms with Crippen LogP contribution in [0, 0.1) is 0 Å². The molecule has 1 N–H and O–H groups in total. The summed E-state index contributed by atoms with van der Waals surface area (Å²) in [6, 6.07) is 7.54. The lowest BCUT2D eigenvalue weighted by molar-refractivity contribution is -0.116. The number of ketones is 1. The lowest BCUT2D eigenvalue weighted by Crippen LogP contribution is -2.20. The first-order valence-corrected chi connectivity index (χ1v) is 8.85. The fourth-order valence-corrected chi connectivity index (χ4v) is 3.14. The van der Waals surface area contributed by atoms with Crippen molar-refractivity contribution in [2.75, 3.05) is 11.9 Å². The largest absolute Gasteiger partial charge is 0.454 e.